The second-order valence-electron chi connectivity index (χ2n) is 4.95. The number of methoxy groups -OCH3 is 1. The molecule has 1 heterocycles. The molecule has 2 rings (SSSR count). The van der Waals surface area contributed by atoms with Crippen molar-refractivity contribution in [2.24, 2.45) is 7.05 Å². The second-order valence-corrected chi connectivity index (χ2v) is 4.95. The van der Waals surface area contributed by atoms with E-state index >= 15 is 0 Å². The van der Waals surface area contributed by atoms with Crippen LogP contribution in [-0.2, 0) is 13.6 Å². The maximum absolute atomic E-state index is 5.22. The van der Waals surface area contributed by atoms with Crippen molar-refractivity contribution in [3.8, 4) is 5.75 Å². The lowest BCUT2D eigenvalue weighted by Crippen LogP contribution is -2.02. The standard InChI is InChI=1S/C15H21N3O/c1-11(2)15-12(10-18(3)17-15)9-16-13-6-5-7-14(8-13)19-4/h5-8,10-11,16H,9H2,1-4H3. The molecule has 0 radical (unpaired) electrons. The molecule has 0 amide bonds. The van der Waals surface area contributed by atoms with Crippen LogP contribution in [0.5, 0.6) is 5.75 Å². The molecule has 1 N–H and O–H groups in total. The molecule has 19 heavy (non-hydrogen) atoms. The zero-order chi connectivity index (χ0) is 13.8. The van der Waals surface area contributed by atoms with Crippen LogP contribution in [0.3, 0.4) is 0 Å². The number of hydrogen-bond donors (Lipinski definition) is 1. The van der Waals surface area contributed by atoms with Gasteiger partial charge in [0.15, 0.2) is 0 Å². The van der Waals surface area contributed by atoms with Gasteiger partial charge in [-0.1, -0.05) is 19.9 Å². The number of ether oxygens (including phenoxy) is 1. The number of aryl methyl sites for hydroxylation is 1. The first-order chi connectivity index (χ1) is 9.10. The lowest BCUT2D eigenvalue weighted by Gasteiger charge is -2.09. The summed E-state index contributed by atoms with van der Waals surface area (Å²) < 4.78 is 7.09. The average Bonchev–Trinajstić information content (AvgIpc) is 2.78. The van der Waals surface area contributed by atoms with Crippen LogP contribution in [0.4, 0.5) is 5.69 Å². The molecular formula is C15H21N3O. The lowest BCUT2D eigenvalue weighted by molar-refractivity contribution is 0.415. The molecule has 4 nitrogen and oxygen atoms in total. The molecule has 0 aliphatic rings. The van der Waals surface area contributed by atoms with Crippen molar-refractivity contribution in [1.29, 1.82) is 0 Å². The molecule has 4 heteroatoms. The van der Waals surface area contributed by atoms with Crippen LogP contribution in [0.15, 0.2) is 30.5 Å². The maximum atomic E-state index is 5.22. The van der Waals surface area contributed by atoms with Gasteiger partial charge in [-0.2, -0.15) is 5.10 Å². The quantitative estimate of drug-likeness (QED) is 0.896. The van der Waals surface area contributed by atoms with Gasteiger partial charge in [-0.3, -0.25) is 4.68 Å². The molecule has 0 unspecified atom stereocenters. The fraction of sp³-hybridized carbons (Fsp3) is 0.400. The van der Waals surface area contributed by atoms with E-state index in [1.807, 2.05) is 36.0 Å². The molecule has 0 atom stereocenters. The van der Waals surface area contributed by atoms with Crippen molar-refractivity contribution in [3.63, 3.8) is 0 Å². The number of hydrogen-bond acceptors (Lipinski definition) is 3. The van der Waals surface area contributed by atoms with Crippen molar-refractivity contribution in [3.05, 3.63) is 41.7 Å². The zero-order valence-corrected chi connectivity index (χ0v) is 12.0. The van der Waals surface area contributed by atoms with E-state index in [-0.39, 0.29) is 0 Å². The normalized spacial score (nSPS) is 10.8. The average molecular weight is 259 g/mol. The number of benzene rings is 1. The Kier molecular flexibility index (Phi) is 4.10. The minimum Gasteiger partial charge on any atom is -0.497 e. The van der Waals surface area contributed by atoms with Crippen molar-refractivity contribution in [2.45, 2.75) is 26.3 Å². The van der Waals surface area contributed by atoms with E-state index in [0.717, 1.165) is 23.7 Å². The Labute approximate surface area is 114 Å². The summed E-state index contributed by atoms with van der Waals surface area (Å²) in [7, 11) is 3.64. The summed E-state index contributed by atoms with van der Waals surface area (Å²) in [6.45, 7) is 5.10. The van der Waals surface area contributed by atoms with Crippen molar-refractivity contribution < 1.29 is 4.74 Å². The second kappa shape index (κ2) is 5.78. The van der Waals surface area contributed by atoms with Crippen LogP contribution < -0.4 is 10.1 Å². The van der Waals surface area contributed by atoms with Gasteiger partial charge in [0, 0.05) is 37.1 Å². The maximum Gasteiger partial charge on any atom is 0.120 e. The largest absolute Gasteiger partial charge is 0.497 e. The molecule has 0 fully saturated rings. The van der Waals surface area contributed by atoms with Crippen molar-refractivity contribution in [2.75, 3.05) is 12.4 Å². The Bertz CT molecular complexity index is 546. The Morgan fingerprint density at radius 2 is 2.16 bits per heavy atom. The van der Waals surface area contributed by atoms with E-state index in [2.05, 4.69) is 30.5 Å². The Hall–Kier alpha value is -1.97. The third-order valence-corrected chi connectivity index (χ3v) is 3.04. The van der Waals surface area contributed by atoms with Gasteiger partial charge in [-0.15, -0.1) is 0 Å². The Morgan fingerprint density at radius 3 is 2.84 bits per heavy atom. The van der Waals surface area contributed by atoms with Gasteiger partial charge in [0.25, 0.3) is 0 Å². The summed E-state index contributed by atoms with van der Waals surface area (Å²) in [6.07, 6.45) is 2.07. The van der Waals surface area contributed by atoms with E-state index < -0.39 is 0 Å². The molecule has 0 bridgehead atoms. The summed E-state index contributed by atoms with van der Waals surface area (Å²) in [5.74, 6) is 1.29. The summed E-state index contributed by atoms with van der Waals surface area (Å²) in [5.41, 5.74) is 3.44. The van der Waals surface area contributed by atoms with Gasteiger partial charge in [-0.25, -0.2) is 0 Å². The third-order valence-electron chi connectivity index (χ3n) is 3.04. The molecule has 0 aliphatic heterocycles. The van der Waals surface area contributed by atoms with E-state index in [1.54, 1.807) is 7.11 Å². The van der Waals surface area contributed by atoms with Crippen LogP contribution in [0.2, 0.25) is 0 Å². The Morgan fingerprint density at radius 1 is 1.37 bits per heavy atom. The molecule has 102 valence electrons. The predicted molar refractivity (Wildman–Crippen MR) is 77.6 cm³/mol. The van der Waals surface area contributed by atoms with Crippen LogP contribution in [0.1, 0.15) is 31.0 Å². The first-order valence-corrected chi connectivity index (χ1v) is 6.50. The lowest BCUT2D eigenvalue weighted by atomic mass is 10.1. The van der Waals surface area contributed by atoms with E-state index in [4.69, 9.17) is 4.74 Å². The van der Waals surface area contributed by atoms with Gasteiger partial charge in [-0.05, 0) is 18.1 Å². The molecule has 2 aromatic rings. The molecule has 0 aliphatic carbocycles. The van der Waals surface area contributed by atoms with Crippen molar-refractivity contribution >= 4 is 5.69 Å². The van der Waals surface area contributed by atoms with Crippen LogP contribution in [0.25, 0.3) is 0 Å². The topological polar surface area (TPSA) is 39.1 Å². The van der Waals surface area contributed by atoms with Gasteiger partial charge in [0.05, 0.1) is 12.8 Å². The van der Waals surface area contributed by atoms with Gasteiger partial charge in [0.1, 0.15) is 5.75 Å². The summed E-state index contributed by atoms with van der Waals surface area (Å²) in [4.78, 5) is 0. The third kappa shape index (κ3) is 3.28. The summed E-state index contributed by atoms with van der Waals surface area (Å²) in [6, 6.07) is 7.95. The first kappa shape index (κ1) is 13.5. The number of nitrogens with one attached hydrogen (secondary N) is 1. The molecular weight excluding hydrogens is 238 g/mol. The van der Waals surface area contributed by atoms with Crippen molar-refractivity contribution in [1.82, 2.24) is 9.78 Å². The zero-order valence-electron chi connectivity index (χ0n) is 12.0. The number of aromatic nitrogens is 2. The minimum absolute atomic E-state index is 0.434. The number of nitrogens with zero attached hydrogens (tertiary/aromatic N) is 2. The fourth-order valence-corrected chi connectivity index (χ4v) is 2.11. The Balaban J connectivity index is 2.09. The molecule has 0 spiro atoms. The fourth-order valence-electron chi connectivity index (χ4n) is 2.11. The molecule has 0 saturated carbocycles. The van der Waals surface area contributed by atoms with Gasteiger partial charge < -0.3 is 10.1 Å². The van der Waals surface area contributed by atoms with E-state index in [1.165, 1.54) is 5.56 Å². The highest BCUT2D eigenvalue weighted by molar-refractivity contribution is 5.48. The van der Waals surface area contributed by atoms with E-state index in [0.29, 0.717) is 5.92 Å². The molecule has 1 aromatic heterocycles. The van der Waals surface area contributed by atoms with Crippen LogP contribution in [0, 0.1) is 0 Å². The minimum atomic E-state index is 0.434. The summed E-state index contributed by atoms with van der Waals surface area (Å²) in [5, 5.41) is 7.92. The monoisotopic (exact) mass is 259 g/mol. The highest BCUT2D eigenvalue weighted by atomic mass is 16.5. The number of anilines is 1. The van der Waals surface area contributed by atoms with Gasteiger partial charge >= 0.3 is 0 Å². The smallest absolute Gasteiger partial charge is 0.120 e. The van der Waals surface area contributed by atoms with Crippen LogP contribution in [-0.4, -0.2) is 16.9 Å². The first-order valence-electron chi connectivity index (χ1n) is 6.50. The SMILES string of the molecule is COc1cccc(NCc2cn(C)nc2C(C)C)c1. The van der Waals surface area contributed by atoms with E-state index in [9.17, 15) is 0 Å². The predicted octanol–water partition coefficient (Wildman–Crippen LogP) is 3.16. The summed E-state index contributed by atoms with van der Waals surface area (Å²) >= 11 is 0. The highest BCUT2D eigenvalue weighted by Crippen LogP contribution is 2.20. The number of rotatable bonds is 5. The van der Waals surface area contributed by atoms with Gasteiger partial charge in [0.2, 0.25) is 0 Å². The van der Waals surface area contributed by atoms with Crippen LogP contribution >= 0.6 is 0 Å². The molecule has 0 saturated heterocycles. The molecule has 1 aromatic carbocycles. The highest BCUT2D eigenvalue weighted by Gasteiger charge is 2.10.